The van der Waals surface area contributed by atoms with Crippen LogP contribution in [0.5, 0.6) is 0 Å². The topological polar surface area (TPSA) is 53.7 Å². The van der Waals surface area contributed by atoms with E-state index in [-0.39, 0.29) is 18.6 Å². The zero-order chi connectivity index (χ0) is 21.1. The highest BCUT2D eigenvalue weighted by atomic mass is 32.2. The molecule has 2 aromatic rings. The molecular formula is C25H25NO3S2. The van der Waals surface area contributed by atoms with Gasteiger partial charge in [0.05, 0.1) is 11.5 Å². The van der Waals surface area contributed by atoms with Crippen molar-refractivity contribution >= 4 is 40.3 Å². The Morgan fingerprint density at radius 3 is 2.42 bits per heavy atom. The SMILES string of the molecule is O=C1C(=Cc2oc(-c3ccccc3)cc2CO)SC(=S)N1C1C2CC3CC(C2)CC1C3. The minimum Gasteiger partial charge on any atom is -0.456 e. The third-order valence-corrected chi connectivity index (χ3v) is 8.96. The van der Waals surface area contributed by atoms with Gasteiger partial charge < -0.3 is 9.52 Å². The summed E-state index contributed by atoms with van der Waals surface area (Å²) < 4.78 is 6.72. The molecule has 0 radical (unpaired) electrons. The van der Waals surface area contributed by atoms with Gasteiger partial charge in [-0.25, -0.2) is 0 Å². The highest BCUT2D eigenvalue weighted by Gasteiger charge is 2.53. The molecule has 5 fully saturated rings. The highest BCUT2D eigenvalue weighted by Crippen LogP contribution is 2.56. The van der Waals surface area contributed by atoms with Gasteiger partial charge in [-0.3, -0.25) is 9.69 Å². The summed E-state index contributed by atoms with van der Waals surface area (Å²) in [5.74, 6) is 4.14. The Morgan fingerprint density at radius 1 is 1.10 bits per heavy atom. The summed E-state index contributed by atoms with van der Waals surface area (Å²) in [5.41, 5.74) is 1.62. The molecule has 4 aliphatic carbocycles. The van der Waals surface area contributed by atoms with Crippen LogP contribution in [0.2, 0.25) is 0 Å². The van der Waals surface area contributed by atoms with E-state index in [1.807, 2.05) is 41.3 Å². The molecule has 1 aromatic heterocycles. The fraction of sp³-hybridized carbons (Fsp3) is 0.440. The Kier molecular flexibility index (Phi) is 4.85. The summed E-state index contributed by atoms with van der Waals surface area (Å²) in [6.07, 6.45) is 8.17. The molecule has 160 valence electrons. The predicted molar refractivity (Wildman–Crippen MR) is 126 cm³/mol. The first kappa shape index (κ1) is 19.8. The van der Waals surface area contributed by atoms with Crippen molar-refractivity contribution in [3.63, 3.8) is 0 Å². The van der Waals surface area contributed by atoms with E-state index < -0.39 is 0 Å². The van der Waals surface area contributed by atoms with E-state index in [1.165, 1.54) is 43.9 Å². The van der Waals surface area contributed by atoms with Gasteiger partial charge in [-0.05, 0) is 61.8 Å². The molecule has 6 heteroatoms. The molecule has 1 aliphatic heterocycles. The molecule has 4 bridgehead atoms. The molecule has 31 heavy (non-hydrogen) atoms. The molecule has 2 heterocycles. The summed E-state index contributed by atoms with van der Waals surface area (Å²) in [5, 5.41) is 9.85. The van der Waals surface area contributed by atoms with Gasteiger partial charge in [-0.15, -0.1) is 0 Å². The first-order valence-electron chi connectivity index (χ1n) is 11.2. The standard InChI is InChI=1S/C25H25NO3S2/c27-13-19-11-20(16-4-2-1-3-5-16)29-21(19)12-22-24(28)26(25(30)31-22)23-17-7-14-6-15(9-17)10-18(23)8-14/h1-5,11-12,14-15,17-18,23,27H,6-10,13H2. The second-order valence-corrected chi connectivity index (χ2v) is 11.2. The van der Waals surface area contributed by atoms with Crippen molar-refractivity contribution in [2.24, 2.45) is 23.7 Å². The number of rotatable bonds is 4. The normalized spacial score (nSPS) is 33.1. The van der Waals surface area contributed by atoms with Crippen LogP contribution in [-0.2, 0) is 11.4 Å². The van der Waals surface area contributed by atoms with Gasteiger partial charge in [0.1, 0.15) is 15.8 Å². The van der Waals surface area contributed by atoms with Gasteiger partial charge >= 0.3 is 0 Å². The Hall–Kier alpha value is -1.89. The minimum atomic E-state index is -0.141. The van der Waals surface area contributed by atoms with Crippen molar-refractivity contribution in [2.45, 2.75) is 44.8 Å². The van der Waals surface area contributed by atoms with Gasteiger partial charge in [0.25, 0.3) is 5.91 Å². The van der Waals surface area contributed by atoms with Crippen LogP contribution in [-0.4, -0.2) is 26.3 Å². The average Bonchev–Trinajstić information content (AvgIpc) is 3.29. The van der Waals surface area contributed by atoms with Crippen LogP contribution in [0.15, 0.2) is 45.7 Å². The van der Waals surface area contributed by atoms with Crippen molar-refractivity contribution < 1.29 is 14.3 Å². The molecule has 4 saturated carbocycles. The molecule has 0 spiro atoms. The van der Waals surface area contributed by atoms with Crippen LogP contribution in [0.3, 0.4) is 0 Å². The maximum Gasteiger partial charge on any atom is 0.266 e. The van der Waals surface area contributed by atoms with Crippen LogP contribution in [0, 0.1) is 23.7 Å². The van der Waals surface area contributed by atoms with Crippen LogP contribution >= 0.6 is 24.0 Å². The van der Waals surface area contributed by atoms with E-state index in [0.717, 1.165) is 17.4 Å². The number of thiocarbonyl (C=S) groups is 1. The van der Waals surface area contributed by atoms with Crippen molar-refractivity contribution in [3.05, 3.63) is 52.6 Å². The van der Waals surface area contributed by atoms with E-state index in [0.29, 0.717) is 38.1 Å². The highest BCUT2D eigenvalue weighted by molar-refractivity contribution is 8.26. The molecular weight excluding hydrogens is 426 g/mol. The van der Waals surface area contributed by atoms with Crippen molar-refractivity contribution in [1.82, 2.24) is 4.90 Å². The number of aliphatic hydroxyl groups is 1. The molecule has 5 aliphatic rings. The van der Waals surface area contributed by atoms with Gasteiger partial charge in [-0.1, -0.05) is 54.3 Å². The van der Waals surface area contributed by atoms with Gasteiger partial charge in [0, 0.05) is 23.2 Å². The Bertz CT molecular complexity index is 1050. The third kappa shape index (κ3) is 3.31. The summed E-state index contributed by atoms with van der Waals surface area (Å²) >= 11 is 7.07. The molecule has 1 saturated heterocycles. The van der Waals surface area contributed by atoms with E-state index >= 15 is 0 Å². The number of aliphatic hydroxyl groups excluding tert-OH is 1. The molecule has 0 unspecified atom stereocenters. The fourth-order valence-corrected chi connectivity index (χ4v) is 7.92. The minimum absolute atomic E-state index is 0.00836. The van der Waals surface area contributed by atoms with Crippen molar-refractivity contribution in [1.29, 1.82) is 0 Å². The maximum atomic E-state index is 13.5. The van der Waals surface area contributed by atoms with E-state index in [9.17, 15) is 9.90 Å². The lowest BCUT2D eigenvalue weighted by molar-refractivity contribution is -0.130. The van der Waals surface area contributed by atoms with Crippen molar-refractivity contribution in [2.75, 3.05) is 0 Å². The number of carbonyl (C=O) groups is 1. The number of hydrogen-bond acceptors (Lipinski definition) is 5. The molecule has 1 aromatic carbocycles. The molecule has 1 N–H and O–H groups in total. The fourth-order valence-electron chi connectivity index (χ4n) is 6.61. The number of carbonyl (C=O) groups excluding carboxylic acids is 1. The predicted octanol–water partition coefficient (Wildman–Crippen LogP) is 5.46. The largest absolute Gasteiger partial charge is 0.456 e. The first-order chi connectivity index (χ1) is 15.1. The van der Waals surface area contributed by atoms with Crippen molar-refractivity contribution in [3.8, 4) is 11.3 Å². The van der Waals surface area contributed by atoms with E-state index in [4.69, 9.17) is 16.6 Å². The van der Waals surface area contributed by atoms with Gasteiger partial charge in [0.2, 0.25) is 0 Å². The lowest BCUT2D eigenvalue weighted by atomic mass is 9.54. The Morgan fingerprint density at radius 2 is 1.77 bits per heavy atom. The smallest absolute Gasteiger partial charge is 0.266 e. The summed E-state index contributed by atoms with van der Waals surface area (Å²) in [7, 11) is 0. The Balaban J connectivity index is 1.30. The summed E-state index contributed by atoms with van der Waals surface area (Å²) in [6.45, 7) is -0.141. The number of furan rings is 1. The van der Waals surface area contributed by atoms with E-state index in [1.54, 1.807) is 6.08 Å². The monoisotopic (exact) mass is 451 g/mol. The second-order valence-electron chi connectivity index (χ2n) is 9.50. The lowest BCUT2D eigenvalue weighted by Crippen LogP contribution is -2.57. The van der Waals surface area contributed by atoms with Crippen LogP contribution < -0.4 is 0 Å². The van der Waals surface area contributed by atoms with Crippen LogP contribution in [0.25, 0.3) is 17.4 Å². The number of hydrogen-bond donors (Lipinski definition) is 1. The first-order valence-corrected chi connectivity index (χ1v) is 12.4. The quantitative estimate of drug-likeness (QED) is 0.494. The Labute approximate surface area is 191 Å². The molecule has 1 amide bonds. The number of amides is 1. The molecule has 7 rings (SSSR count). The zero-order valence-electron chi connectivity index (χ0n) is 17.2. The number of nitrogens with zero attached hydrogens (tertiary/aromatic N) is 1. The second kappa shape index (κ2) is 7.61. The third-order valence-electron chi connectivity index (χ3n) is 7.63. The lowest BCUT2D eigenvalue weighted by Gasteiger charge is -2.56. The summed E-state index contributed by atoms with van der Waals surface area (Å²) in [6, 6.07) is 11.9. The van der Waals surface area contributed by atoms with E-state index in [2.05, 4.69) is 0 Å². The summed E-state index contributed by atoms with van der Waals surface area (Å²) in [4.78, 5) is 16.0. The maximum absolute atomic E-state index is 13.5. The number of benzene rings is 1. The van der Waals surface area contributed by atoms with Crippen LogP contribution in [0.1, 0.15) is 43.4 Å². The van der Waals surface area contributed by atoms with Gasteiger partial charge in [0.15, 0.2) is 0 Å². The van der Waals surface area contributed by atoms with Gasteiger partial charge in [-0.2, -0.15) is 0 Å². The number of thioether (sulfide) groups is 1. The molecule has 0 atom stereocenters. The zero-order valence-corrected chi connectivity index (χ0v) is 18.8. The van der Waals surface area contributed by atoms with Crippen LogP contribution in [0.4, 0.5) is 0 Å². The average molecular weight is 452 g/mol. The molecule has 4 nitrogen and oxygen atoms in total.